The molecule has 0 aliphatic heterocycles. The Bertz CT molecular complexity index is 611. The number of rotatable bonds is 4. The first-order chi connectivity index (χ1) is 9.79. The Morgan fingerprint density at radius 3 is 2.57 bits per heavy atom. The van der Waals surface area contributed by atoms with Crippen molar-refractivity contribution in [1.29, 1.82) is 0 Å². The maximum absolute atomic E-state index is 4.62. The summed E-state index contributed by atoms with van der Waals surface area (Å²) in [5.41, 5.74) is 3.77. The molecule has 0 aliphatic carbocycles. The number of nitrogens with one attached hydrogen (secondary N) is 1. The van der Waals surface area contributed by atoms with Gasteiger partial charge in [0, 0.05) is 41.3 Å². The molecule has 0 unspecified atom stereocenters. The lowest BCUT2D eigenvalue weighted by Gasteiger charge is -2.20. The lowest BCUT2D eigenvalue weighted by atomic mass is 9.89. The Balaban J connectivity index is 2.12. The van der Waals surface area contributed by atoms with Crippen molar-refractivity contribution in [2.45, 2.75) is 45.7 Å². The van der Waals surface area contributed by atoms with Gasteiger partial charge in [-0.1, -0.05) is 54.9 Å². The van der Waals surface area contributed by atoms with Crippen molar-refractivity contribution >= 4 is 15.9 Å². The predicted octanol–water partition coefficient (Wildman–Crippen LogP) is 4.33. The largest absolute Gasteiger partial charge is 0.306 e. The van der Waals surface area contributed by atoms with Crippen molar-refractivity contribution in [3.63, 3.8) is 0 Å². The van der Waals surface area contributed by atoms with Crippen LogP contribution in [0, 0.1) is 0 Å². The maximum atomic E-state index is 4.62. The van der Waals surface area contributed by atoms with Crippen LogP contribution in [0.4, 0.5) is 0 Å². The monoisotopic (exact) mass is 349 g/mol. The molecule has 1 heterocycles. The molecule has 0 bridgehead atoms. The van der Waals surface area contributed by atoms with Gasteiger partial charge >= 0.3 is 0 Å². The van der Waals surface area contributed by atoms with Crippen LogP contribution in [0.3, 0.4) is 0 Å². The van der Waals surface area contributed by atoms with Crippen LogP contribution in [0.25, 0.3) is 0 Å². The first-order valence-electron chi connectivity index (χ1n) is 7.30. The van der Waals surface area contributed by atoms with Crippen molar-refractivity contribution in [3.8, 4) is 0 Å². The van der Waals surface area contributed by atoms with Gasteiger partial charge in [0.15, 0.2) is 0 Å². The fourth-order valence-corrected chi connectivity index (χ4v) is 3.13. The van der Waals surface area contributed by atoms with Crippen LogP contribution in [0.2, 0.25) is 0 Å². The molecule has 4 heteroatoms. The van der Waals surface area contributed by atoms with Gasteiger partial charge < -0.3 is 5.32 Å². The second-order valence-electron chi connectivity index (χ2n) is 6.55. The molecular formula is C17H24BrN3. The topological polar surface area (TPSA) is 29.9 Å². The molecule has 1 atom stereocenters. The van der Waals surface area contributed by atoms with E-state index in [4.69, 9.17) is 0 Å². The summed E-state index contributed by atoms with van der Waals surface area (Å²) >= 11 is 3.62. The number of aromatic nitrogens is 2. The standard InChI is InChI=1S/C17H24BrN3/c1-12(14-8-6-7-9-15(14)18)19-10-13-11-21(5)20-16(13)17(2,3)4/h6-9,11-12,19H,10H2,1-5H3/t12-/m1/s1. The predicted molar refractivity (Wildman–Crippen MR) is 91.3 cm³/mol. The number of halogens is 1. The lowest BCUT2D eigenvalue weighted by molar-refractivity contribution is 0.531. The van der Waals surface area contributed by atoms with E-state index in [9.17, 15) is 0 Å². The molecule has 2 aromatic rings. The second-order valence-corrected chi connectivity index (χ2v) is 7.41. The van der Waals surface area contributed by atoms with Gasteiger partial charge in [-0.3, -0.25) is 4.68 Å². The average molecular weight is 350 g/mol. The second kappa shape index (κ2) is 6.32. The van der Waals surface area contributed by atoms with Crippen molar-refractivity contribution in [3.05, 3.63) is 51.8 Å². The SMILES string of the molecule is C[C@@H](NCc1cn(C)nc1C(C)(C)C)c1ccccc1Br. The molecule has 1 aromatic carbocycles. The van der Waals surface area contributed by atoms with Crippen molar-refractivity contribution in [2.24, 2.45) is 7.05 Å². The number of nitrogens with zero attached hydrogens (tertiary/aromatic N) is 2. The van der Waals surface area contributed by atoms with Crippen LogP contribution in [0.1, 0.15) is 50.6 Å². The summed E-state index contributed by atoms with van der Waals surface area (Å²) < 4.78 is 3.05. The molecule has 0 radical (unpaired) electrons. The Morgan fingerprint density at radius 2 is 1.95 bits per heavy atom. The van der Waals surface area contributed by atoms with E-state index in [1.54, 1.807) is 0 Å². The Labute approximate surface area is 135 Å². The molecule has 0 amide bonds. The number of benzene rings is 1. The minimum atomic E-state index is 0.0643. The van der Waals surface area contributed by atoms with Gasteiger partial charge in [0.1, 0.15) is 0 Å². The summed E-state index contributed by atoms with van der Waals surface area (Å²) in [6.07, 6.45) is 2.11. The van der Waals surface area contributed by atoms with E-state index < -0.39 is 0 Å². The summed E-state index contributed by atoms with van der Waals surface area (Å²) in [7, 11) is 1.98. The molecule has 0 aliphatic rings. The molecule has 114 valence electrons. The fourth-order valence-electron chi connectivity index (χ4n) is 2.50. The summed E-state index contributed by atoms with van der Waals surface area (Å²) in [5, 5.41) is 8.22. The van der Waals surface area contributed by atoms with Crippen LogP contribution in [0.15, 0.2) is 34.9 Å². The fraction of sp³-hybridized carbons (Fsp3) is 0.471. The summed E-state index contributed by atoms with van der Waals surface area (Å²) in [5.74, 6) is 0. The Kier molecular flexibility index (Phi) is 4.89. The highest BCUT2D eigenvalue weighted by molar-refractivity contribution is 9.10. The van der Waals surface area contributed by atoms with E-state index in [1.165, 1.54) is 11.1 Å². The van der Waals surface area contributed by atoms with Crippen LogP contribution in [-0.2, 0) is 19.0 Å². The third-order valence-corrected chi connectivity index (χ3v) is 4.31. The highest BCUT2D eigenvalue weighted by atomic mass is 79.9. The maximum Gasteiger partial charge on any atom is 0.0722 e. The van der Waals surface area contributed by atoms with Crippen molar-refractivity contribution in [1.82, 2.24) is 15.1 Å². The van der Waals surface area contributed by atoms with E-state index in [1.807, 2.05) is 17.8 Å². The molecule has 0 saturated carbocycles. The molecule has 1 N–H and O–H groups in total. The van der Waals surface area contributed by atoms with E-state index in [0.29, 0.717) is 0 Å². The van der Waals surface area contributed by atoms with E-state index in [-0.39, 0.29) is 11.5 Å². The zero-order valence-electron chi connectivity index (χ0n) is 13.4. The van der Waals surface area contributed by atoms with Crippen LogP contribution >= 0.6 is 15.9 Å². The summed E-state index contributed by atoms with van der Waals surface area (Å²) in [6.45, 7) is 9.62. The molecular weight excluding hydrogens is 326 g/mol. The van der Waals surface area contributed by atoms with E-state index in [2.05, 4.69) is 78.4 Å². The van der Waals surface area contributed by atoms with Crippen LogP contribution in [-0.4, -0.2) is 9.78 Å². The lowest BCUT2D eigenvalue weighted by Crippen LogP contribution is -2.21. The highest BCUT2D eigenvalue weighted by Crippen LogP contribution is 2.26. The zero-order chi connectivity index (χ0) is 15.6. The van der Waals surface area contributed by atoms with Crippen LogP contribution in [0.5, 0.6) is 0 Å². The minimum absolute atomic E-state index is 0.0643. The summed E-state index contributed by atoms with van der Waals surface area (Å²) in [6, 6.07) is 8.63. The Morgan fingerprint density at radius 1 is 1.29 bits per heavy atom. The number of hydrogen-bond acceptors (Lipinski definition) is 2. The molecule has 1 aromatic heterocycles. The first kappa shape index (κ1) is 16.2. The zero-order valence-corrected chi connectivity index (χ0v) is 15.0. The molecule has 0 saturated heterocycles. The van der Waals surface area contributed by atoms with E-state index in [0.717, 1.165) is 16.7 Å². The quantitative estimate of drug-likeness (QED) is 0.889. The normalized spacial score (nSPS) is 13.4. The highest BCUT2D eigenvalue weighted by Gasteiger charge is 2.22. The van der Waals surface area contributed by atoms with Gasteiger partial charge in [-0.05, 0) is 18.6 Å². The Hall–Kier alpha value is -1.13. The molecule has 21 heavy (non-hydrogen) atoms. The van der Waals surface area contributed by atoms with E-state index >= 15 is 0 Å². The number of aryl methyl sites for hydroxylation is 1. The molecule has 0 fully saturated rings. The summed E-state index contributed by atoms with van der Waals surface area (Å²) in [4.78, 5) is 0. The van der Waals surface area contributed by atoms with Crippen LogP contribution < -0.4 is 5.32 Å². The smallest absolute Gasteiger partial charge is 0.0722 e. The van der Waals surface area contributed by atoms with Gasteiger partial charge in [-0.25, -0.2) is 0 Å². The molecule has 3 nitrogen and oxygen atoms in total. The minimum Gasteiger partial charge on any atom is -0.306 e. The van der Waals surface area contributed by atoms with Crippen molar-refractivity contribution < 1.29 is 0 Å². The van der Waals surface area contributed by atoms with Gasteiger partial charge in [0.25, 0.3) is 0 Å². The first-order valence-corrected chi connectivity index (χ1v) is 8.09. The third kappa shape index (κ3) is 3.95. The molecule has 2 rings (SSSR count). The van der Waals surface area contributed by atoms with Gasteiger partial charge in [-0.2, -0.15) is 5.10 Å². The average Bonchev–Trinajstić information content (AvgIpc) is 2.78. The van der Waals surface area contributed by atoms with Gasteiger partial charge in [0.05, 0.1) is 5.69 Å². The third-order valence-electron chi connectivity index (χ3n) is 3.59. The molecule has 0 spiro atoms. The van der Waals surface area contributed by atoms with Gasteiger partial charge in [-0.15, -0.1) is 0 Å². The number of hydrogen-bond donors (Lipinski definition) is 1. The van der Waals surface area contributed by atoms with Gasteiger partial charge in [0.2, 0.25) is 0 Å². The van der Waals surface area contributed by atoms with Crippen molar-refractivity contribution in [2.75, 3.05) is 0 Å².